The zero-order chi connectivity index (χ0) is 11.6. The van der Waals surface area contributed by atoms with Crippen LogP contribution in [0.4, 0.5) is 0 Å². The van der Waals surface area contributed by atoms with Crippen LogP contribution in [0.5, 0.6) is 11.5 Å². The van der Waals surface area contributed by atoms with Crippen LogP contribution in [-0.2, 0) is 4.74 Å². The molecule has 5 heteroatoms. The molecule has 1 aromatic rings. The number of phenols is 1. The van der Waals surface area contributed by atoms with Crippen LogP contribution in [-0.4, -0.2) is 25.3 Å². The van der Waals surface area contributed by atoms with Gasteiger partial charge in [0.15, 0.2) is 0 Å². The summed E-state index contributed by atoms with van der Waals surface area (Å²) in [6.07, 6.45) is 0. The maximum Gasteiger partial charge on any atom is 0.339 e. The Bertz CT molecular complexity index is 401. The Hall–Kier alpha value is -1.23. The third kappa shape index (κ3) is 2.07. The van der Waals surface area contributed by atoms with Gasteiger partial charge in [-0.3, -0.25) is 0 Å². The van der Waals surface area contributed by atoms with Crippen LogP contribution in [0.15, 0.2) is 10.5 Å². The fourth-order valence-electron chi connectivity index (χ4n) is 1.20. The predicted molar refractivity (Wildman–Crippen MR) is 58.4 cm³/mol. The predicted octanol–water partition coefficient (Wildman–Crippen LogP) is 2.26. The second kappa shape index (κ2) is 4.53. The van der Waals surface area contributed by atoms with Crippen molar-refractivity contribution in [1.29, 1.82) is 0 Å². The summed E-state index contributed by atoms with van der Waals surface area (Å²) in [6.45, 7) is 1.63. The van der Waals surface area contributed by atoms with Crippen LogP contribution in [0.25, 0.3) is 0 Å². The number of benzene rings is 1. The van der Waals surface area contributed by atoms with E-state index in [9.17, 15) is 9.90 Å². The van der Waals surface area contributed by atoms with Crippen LogP contribution in [0.1, 0.15) is 15.9 Å². The van der Waals surface area contributed by atoms with Gasteiger partial charge in [0.25, 0.3) is 0 Å². The first-order valence-electron chi connectivity index (χ1n) is 4.17. The highest BCUT2D eigenvalue weighted by atomic mass is 79.9. The van der Waals surface area contributed by atoms with E-state index in [4.69, 9.17) is 4.74 Å². The molecule has 0 heterocycles. The van der Waals surface area contributed by atoms with E-state index in [1.54, 1.807) is 6.92 Å². The number of carbonyl (C=O) groups excluding carboxylic acids is 1. The third-order valence-electron chi connectivity index (χ3n) is 2.07. The number of hydrogen-bond donors (Lipinski definition) is 1. The van der Waals surface area contributed by atoms with Gasteiger partial charge in [-0.2, -0.15) is 0 Å². The van der Waals surface area contributed by atoms with Crippen molar-refractivity contribution < 1.29 is 19.4 Å². The lowest BCUT2D eigenvalue weighted by Gasteiger charge is -2.11. The van der Waals surface area contributed by atoms with Gasteiger partial charge >= 0.3 is 5.97 Å². The van der Waals surface area contributed by atoms with Crippen LogP contribution >= 0.6 is 15.9 Å². The van der Waals surface area contributed by atoms with Gasteiger partial charge in [-0.05, 0) is 22.9 Å². The van der Waals surface area contributed by atoms with Crippen molar-refractivity contribution in [1.82, 2.24) is 0 Å². The molecule has 15 heavy (non-hydrogen) atoms. The van der Waals surface area contributed by atoms with E-state index in [1.165, 1.54) is 20.3 Å². The standard InChI is InChI=1S/C10H11BrO4/c1-5-6(12)4-7(14-2)9(11)8(5)10(13)15-3/h4,12H,1-3H3. The minimum atomic E-state index is -0.520. The topological polar surface area (TPSA) is 55.8 Å². The molecule has 0 amide bonds. The fraction of sp³-hybridized carbons (Fsp3) is 0.300. The van der Waals surface area contributed by atoms with Crippen molar-refractivity contribution in [3.63, 3.8) is 0 Å². The Kier molecular flexibility index (Phi) is 3.57. The molecule has 0 unspecified atom stereocenters. The van der Waals surface area contributed by atoms with Gasteiger partial charge < -0.3 is 14.6 Å². The summed E-state index contributed by atoms with van der Waals surface area (Å²) in [6, 6.07) is 1.44. The molecule has 0 saturated heterocycles. The first-order chi connectivity index (χ1) is 7.02. The Morgan fingerprint density at radius 1 is 1.47 bits per heavy atom. The van der Waals surface area contributed by atoms with E-state index in [0.717, 1.165) is 0 Å². The molecule has 0 atom stereocenters. The number of halogens is 1. The van der Waals surface area contributed by atoms with Gasteiger partial charge in [0.05, 0.1) is 24.3 Å². The number of phenolic OH excluding ortho intramolecular Hbond substituents is 1. The number of methoxy groups -OCH3 is 2. The number of rotatable bonds is 2. The summed E-state index contributed by atoms with van der Waals surface area (Å²) in [4.78, 5) is 11.5. The third-order valence-corrected chi connectivity index (χ3v) is 2.86. The van der Waals surface area contributed by atoms with Crippen molar-refractivity contribution >= 4 is 21.9 Å². The monoisotopic (exact) mass is 274 g/mol. The number of ether oxygens (including phenoxy) is 2. The molecular weight excluding hydrogens is 264 g/mol. The van der Waals surface area contributed by atoms with Gasteiger partial charge in [-0.15, -0.1) is 0 Å². The van der Waals surface area contributed by atoms with Crippen LogP contribution < -0.4 is 4.74 Å². The zero-order valence-electron chi connectivity index (χ0n) is 8.63. The van der Waals surface area contributed by atoms with E-state index in [-0.39, 0.29) is 11.3 Å². The largest absolute Gasteiger partial charge is 0.508 e. The van der Waals surface area contributed by atoms with Gasteiger partial charge in [-0.25, -0.2) is 4.79 Å². The minimum Gasteiger partial charge on any atom is -0.508 e. The van der Waals surface area contributed by atoms with E-state index >= 15 is 0 Å². The SMILES string of the molecule is COC(=O)c1c(C)c(O)cc(OC)c1Br. The maximum atomic E-state index is 11.5. The highest BCUT2D eigenvalue weighted by Gasteiger charge is 2.20. The maximum absolute atomic E-state index is 11.5. The highest BCUT2D eigenvalue weighted by Crippen LogP contribution is 2.36. The molecule has 0 aliphatic carbocycles. The second-order valence-corrected chi connectivity index (χ2v) is 3.70. The number of hydrogen-bond acceptors (Lipinski definition) is 4. The molecule has 82 valence electrons. The molecule has 0 radical (unpaired) electrons. The van der Waals surface area contributed by atoms with Crippen LogP contribution in [0.3, 0.4) is 0 Å². The molecule has 0 spiro atoms. The fourth-order valence-corrected chi connectivity index (χ4v) is 1.94. The van der Waals surface area contributed by atoms with E-state index in [0.29, 0.717) is 15.8 Å². The molecular formula is C10H11BrO4. The zero-order valence-corrected chi connectivity index (χ0v) is 10.2. The molecule has 0 fully saturated rings. The Morgan fingerprint density at radius 3 is 2.53 bits per heavy atom. The number of aromatic hydroxyl groups is 1. The number of esters is 1. The average Bonchev–Trinajstić information content (AvgIpc) is 2.23. The average molecular weight is 275 g/mol. The number of carbonyl (C=O) groups is 1. The van der Waals surface area contributed by atoms with Crippen LogP contribution in [0.2, 0.25) is 0 Å². The first kappa shape index (κ1) is 11.8. The lowest BCUT2D eigenvalue weighted by atomic mass is 10.1. The molecule has 0 aliphatic heterocycles. The summed E-state index contributed by atoms with van der Waals surface area (Å²) in [5.41, 5.74) is 0.726. The molecule has 0 aromatic heterocycles. The quantitative estimate of drug-likeness (QED) is 0.841. The van der Waals surface area contributed by atoms with Crippen molar-refractivity contribution in [2.24, 2.45) is 0 Å². The summed E-state index contributed by atoms with van der Waals surface area (Å²) in [5.74, 6) is -0.137. The molecule has 1 N–H and O–H groups in total. The lowest BCUT2D eigenvalue weighted by molar-refractivity contribution is 0.0598. The van der Waals surface area contributed by atoms with Crippen molar-refractivity contribution in [2.45, 2.75) is 6.92 Å². The second-order valence-electron chi connectivity index (χ2n) is 2.90. The molecule has 0 saturated carbocycles. The minimum absolute atomic E-state index is 0.00421. The van der Waals surface area contributed by atoms with E-state index in [1.807, 2.05) is 0 Å². The molecule has 1 rings (SSSR count). The Morgan fingerprint density at radius 2 is 2.07 bits per heavy atom. The molecule has 0 aliphatic rings. The molecule has 0 bridgehead atoms. The lowest BCUT2D eigenvalue weighted by Crippen LogP contribution is -2.06. The summed E-state index contributed by atoms with van der Waals surface area (Å²) < 4.78 is 10.1. The van der Waals surface area contributed by atoms with Gasteiger partial charge in [0, 0.05) is 11.6 Å². The summed E-state index contributed by atoms with van der Waals surface area (Å²) in [7, 11) is 2.74. The smallest absolute Gasteiger partial charge is 0.339 e. The first-order valence-corrected chi connectivity index (χ1v) is 4.96. The van der Waals surface area contributed by atoms with E-state index < -0.39 is 5.97 Å². The van der Waals surface area contributed by atoms with Crippen molar-refractivity contribution in [3.8, 4) is 11.5 Å². The van der Waals surface area contributed by atoms with Gasteiger partial charge in [0.2, 0.25) is 0 Å². The Labute approximate surface area is 95.9 Å². The van der Waals surface area contributed by atoms with Crippen molar-refractivity contribution in [3.05, 3.63) is 21.7 Å². The van der Waals surface area contributed by atoms with Gasteiger partial charge in [-0.1, -0.05) is 0 Å². The normalized spacial score (nSPS) is 9.87. The van der Waals surface area contributed by atoms with Crippen LogP contribution in [0, 0.1) is 6.92 Å². The van der Waals surface area contributed by atoms with Crippen molar-refractivity contribution in [2.75, 3.05) is 14.2 Å². The Balaban J connectivity index is 3.47. The highest BCUT2D eigenvalue weighted by molar-refractivity contribution is 9.10. The molecule has 1 aromatic carbocycles. The van der Waals surface area contributed by atoms with Gasteiger partial charge in [0.1, 0.15) is 11.5 Å². The molecule has 4 nitrogen and oxygen atoms in total. The summed E-state index contributed by atoms with van der Waals surface area (Å²) >= 11 is 3.23. The van der Waals surface area contributed by atoms with E-state index in [2.05, 4.69) is 20.7 Å². The summed E-state index contributed by atoms with van der Waals surface area (Å²) in [5, 5.41) is 9.57.